The van der Waals surface area contributed by atoms with Gasteiger partial charge in [0.15, 0.2) is 5.11 Å². The SMILES string of the molecule is CNC(=S)N(C)Cc1cnc2ccccc2c1. The molecule has 0 saturated heterocycles. The summed E-state index contributed by atoms with van der Waals surface area (Å²) in [4.78, 5) is 6.42. The highest BCUT2D eigenvalue weighted by Gasteiger charge is 2.04. The van der Waals surface area contributed by atoms with Gasteiger partial charge in [0.2, 0.25) is 0 Å². The summed E-state index contributed by atoms with van der Waals surface area (Å²) in [5.41, 5.74) is 2.18. The summed E-state index contributed by atoms with van der Waals surface area (Å²) in [6.07, 6.45) is 1.90. The Morgan fingerprint density at radius 1 is 1.41 bits per heavy atom. The van der Waals surface area contributed by atoms with Gasteiger partial charge >= 0.3 is 0 Å². The number of hydrogen-bond acceptors (Lipinski definition) is 2. The Labute approximate surface area is 106 Å². The van der Waals surface area contributed by atoms with Crippen molar-refractivity contribution in [3.05, 3.63) is 42.1 Å². The number of aromatic nitrogens is 1. The summed E-state index contributed by atoms with van der Waals surface area (Å²) in [5, 5.41) is 4.85. The number of thiocarbonyl (C=S) groups is 1. The molecule has 0 saturated carbocycles. The van der Waals surface area contributed by atoms with Crippen molar-refractivity contribution in [3.8, 4) is 0 Å². The summed E-state index contributed by atoms with van der Waals surface area (Å²) in [6, 6.07) is 10.3. The average molecular weight is 245 g/mol. The second kappa shape index (κ2) is 5.10. The van der Waals surface area contributed by atoms with Crippen LogP contribution in [0.2, 0.25) is 0 Å². The van der Waals surface area contributed by atoms with Gasteiger partial charge in [-0.05, 0) is 29.9 Å². The van der Waals surface area contributed by atoms with Gasteiger partial charge < -0.3 is 10.2 Å². The van der Waals surface area contributed by atoms with Crippen molar-refractivity contribution in [1.29, 1.82) is 0 Å². The molecule has 0 unspecified atom stereocenters. The number of fused-ring (bicyclic) bond motifs is 1. The zero-order valence-corrected chi connectivity index (χ0v) is 10.8. The molecule has 1 heterocycles. The molecule has 1 aromatic heterocycles. The van der Waals surface area contributed by atoms with E-state index in [1.54, 1.807) is 0 Å². The molecule has 0 radical (unpaired) electrons. The lowest BCUT2D eigenvalue weighted by atomic mass is 10.1. The van der Waals surface area contributed by atoms with E-state index in [2.05, 4.69) is 22.4 Å². The van der Waals surface area contributed by atoms with E-state index >= 15 is 0 Å². The highest BCUT2D eigenvalue weighted by atomic mass is 32.1. The maximum Gasteiger partial charge on any atom is 0.168 e. The van der Waals surface area contributed by atoms with Crippen LogP contribution < -0.4 is 5.32 Å². The quantitative estimate of drug-likeness (QED) is 0.821. The van der Waals surface area contributed by atoms with Crippen molar-refractivity contribution in [2.24, 2.45) is 0 Å². The number of nitrogens with one attached hydrogen (secondary N) is 1. The lowest BCUT2D eigenvalue weighted by Crippen LogP contribution is -2.34. The van der Waals surface area contributed by atoms with E-state index in [9.17, 15) is 0 Å². The molecule has 1 N–H and O–H groups in total. The summed E-state index contributed by atoms with van der Waals surface area (Å²) < 4.78 is 0. The third-order valence-electron chi connectivity index (χ3n) is 2.63. The largest absolute Gasteiger partial charge is 0.366 e. The van der Waals surface area contributed by atoms with Crippen molar-refractivity contribution < 1.29 is 0 Å². The molecule has 88 valence electrons. The van der Waals surface area contributed by atoms with Crippen molar-refractivity contribution >= 4 is 28.2 Å². The first kappa shape index (κ1) is 11.8. The van der Waals surface area contributed by atoms with E-state index in [1.165, 1.54) is 0 Å². The molecule has 0 amide bonds. The van der Waals surface area contributed by atoms with Crippen molar-refractivity contribution in [2.75, 3.05) is 14.1 Å². The molecular formula is C13H15N3S. The Hall–Kier alpha value is -1.68. The maximum absolute atomic E-state index is 5.17. The fraction of sp³-hybridized carbons (Fsp3) is 0.231. The van der Waals surface area contributed by atoms with Gasteiger partial charge in [-0.3, -0.25) is 4.98 Å². The lowest BCUT2D eigenvalue weighted by molar-refractivity contribution is 0.494. The van der Waals surface area contributed by atoms with Crippen LogP contribution in [0.4, 0.5) is 0 Å². The predicted octanol–water partition coefficient (Wildman–Crippen LogP) is 2.17. The Balaban J connectivity index is 2.22. The van der Waals surface area contributed by atoms with Gasteiger partial charge in [-0.1, -0.05) is 18.2 Å². The topological polar surface area (TPSA) is 28.2 Å². The van der Waals surface area contributed by atoms with Gasteiger partial charge in [-0.2, -0.15) is 0 Å². The zero-order chi connectivity index (χ0) is 12.3. The average Bonchev–Trinajstić information content (AvgIpc) is 2.37. The third kappa shape index (κ3) is 2.71. The molecule has 0 aliphatic carbocycles. The van der Waals surface area contributed by atoms with E-state index in [4.69, 9.17) is 12.2 Å². The molecule has 2 rings (SSSR count). The van der Waals surface area contributed by atoms with Crippen LogP contribution in [0.5, 0.6) is 0 Å². The van der Waals surface area contributed by atoms with Gasteiger partial charge in [0, 0.05) is 32.2 Å². The van der Waals surface area contributed by atoms with Crippen molar-refractivity contribution in [2.45, 2.75) is 6.54 Å². The monoisotopic (exact) mass is 245 g/mol. The summed E-state index contributed by atoms with van der Waals surface area (Å²) in [6.45, 7) is 0.761. The normalized spacial score (nSPS) is 10.2. The van der Waals surface area contributed by atoms with Crippen molar-refractivity contribution in [3.63, 3.8) is 0 Å². The van der Waals surface area contributed by atoms with Gasteiger partial charge in [-0.25, -0.2) is 0 Å². The lowest BCUT2D eigenvalue weighted by Gasteiger charge is -2.19. The fourth-order valence-corrected chi connectivity index (χ4v) is 1.80. The Kier molecular flexibility index (Phi) is 3.54. The van der Waals surface area contributed by atoms with Crippen LogP contribution in [-0.4, -0.2) is 29.1 Å². The summed E-state index contributed by atoms with van der Waals surface area (Å²) >= 11 is 5.17. The molecule has 2 aromatic rings. The molecular weight excluding hydrogens is 230 g/mol. The Bertz CT molecular complexity index is 539. The van der Waals surface area contributed by atoms with E-state index < -0.39 is 0 Å². The number of rotatable bonds is 2. The van der Waals surface area contributed by atoms with E-state index in [1.807, 2.05) is 43.4 Å². The molecule has 1 aromatic carbocycles. The van der Waals surface area contributed by atoms with Crippen LogP contribution in [0.3, 0.4) is 0 Å². The van der Waals surface area contributed by atoms with Gasteiger partial charge in [-0.15, -0.1) is 0 Å². The van der Waals surface area contributed by atoms with Crippen LogP contribution in [-0.2, 0) is 6.54 Å². The highest BCUT2D eigenvalue weighted by molar-refractivity contribution is 7.80. The first-order chi connectivity index (χ1) is 8.20. The standard InChI is InChI=1S/C13H15N3S/c1-14-13(17)16(2)9-10-7-11-5-3-4-6-12(11)15-8-10/h3-8H,9H2,1-2H3,(H,14,17). The molecule has 17 heavy (non-hydrogen) atoms. The predicted molar refractivity (Wildman–Crippen MR) is 74.9 cm³/mol. The fourth-order valence-electron chi connectivity index (χ4n) is 1.74. The molecule has 0 aliphatic heterocycles. The molecule has 0 fully saturated rings. The number of hydrogen-bond donors (Lipinski definition) is 1. The van der Waals surface area contributed by atoms with Gasteiger partial charge in [0.1, 0.15) is 0 Å². The number of para-hydroxylation sites is 1. The van der Waals surface area contributed by atoms with Gasteiger partial charge in [0.25, 0.3) is 0 Å². The smallest absolute Gasteiger partial charge is 0.168 e. The number of benzene rings is 1. The molecule has 0 atom stereocenters. The molecule has 3 nitrogen and oxygen atoms in total. The third-order valence-corrected chi connectivity index (χ3v) is 3.14. The minimum atomic E-state index is 0.734. The Morgan fingerprint density at radius 3 is 2.94 bits per heavy atom. The van der Waals surface area contributed by atoms with Gasteiger partial charge in [0.05, 0.1) is 5.52 Å². The van der Waals surface area contributed by atoms with Crippen LogP contribution >= 0.6 is 12.2 Å². The van der Waals surface area contributed by atoms with Crippen LogP contribution in [0.15, 0.2) is 36.5 Å². The van der Waals surface area contributed by atoms with Crippen LogP contribution in [0.1, 0.15) is 5.56 Å². The minimum absolute atomic E-state index is 0.734. The Morgan fingerprint density at radius 2 is 2.18 bits per heavy atom. The zero-order valence-electron chi connectivity index (χ0n) is 9.97. The first-order valence-electron chi connectivity index (χ1n) is 5.47. The molecule has 4 heteroatoms. The first-order valence-corrected chi connectivity index (χ1v) is 5.88. The van der Waals surface area contributed by atoms with E-state index in [0.29, 0.717) is 0 Å². The molecule has 0 aliphatic rings. The molecule has 0 bridgehead atoms. The number of nitrogens with zero attached hydrogens (tertiary/aromatic N) is 2. The van der Waals surface area contributed by atoms with E-state index in [-0.39, 0.29) is 0 Å². The minimum Gasteiger partial charge on any atom is -0.366 e. The molecule has 0 spiro atoms. The number of pyridine rings is 1. The van der Waals surface area contributed by atoms with Crippen molar-refractivity contribution in [1.82, 2.24) is 15.2 Å². The summed E-state index contributed by atoms with van der Waals surface area (Å²) in [7, 11) is 3.80. The van der Waals surface area contributed by atoms with Crippen LogP contribution in [0.25, 0.3) is 10.9 Å². The summed E-state index contributed by atoms with van der Waals surface area (Å²) in [5.74, 6) is 0. The maximum atomic E-state index is 5.17. The van der Waals surface area contributed by atoms with Crippen LogP contribution in [0, 0.1) is 0 Å². The second-order valence-electron chi connectivity index (χ2n) is 3.95. The highest BCUT2D eigenvalue weighted by Crippen LogP contribution is 2.13. The van der Waals surface area contributed by atoms with E-state index in [0.717, 1.165) is 28.1 Å². The second-order valence-corrected chi connectivity index (χ2v) is 4.33.